The predicted octanol–water partition coefficient (Wildman–Crippen LogP) is 1.42. The van der Waals surface area contributed by atoms with Gasteiger partial charge in [0.1, 0.15) is 0 Å². The van der Waals surface area contributed by atoms with Crippen molar-refractivity contribution in [1.29, 1.82) is 0 Å². The fourth-order valence-corrected chi connectivity index (χ4v) is 2.67. The highest BCUT2D eigenvalue weighted by Gasteiger charge is 2.20. The number of aryl methyl sites for hydroxylation is 1. The molecule has 1 aliphatic heterocycles. The van der Waals surface area contributed by atoms with Crippen molar-refractivity contribution < 1.29 is 4.79 Å². The van der Waals surface area contributed by atoms with E-state index >= 15 is 0 Å². The van der Waals surface area contributed by atoms with Crippen molar-refractivity contribution in [2.75, 3.05) is 38.5 Å². The van der Waals surface area contributed by atoms with E-state index in [2.05, 4.69) is 22.2 Å². The van der Waals surface area contributed by atoms with E-state index < -0.39 is 0 Å². The van der Waals surface area contributed by atoms with Crippen molar-refractivity contribution >= 4 is 11.6 Å². The van der Waals surface area contributed by atoms with Crippen molar-refractivity contribution in [1.82, 2.24) is 19.4 Å². The summed E-state index contributed by atoms with van der Waals surface area (Å²) in [5, 5.41) is 3.35. The number of carbonyl (C=O) groups excluding carboxylic acids is 1. The molecule has 0 bridgehead atoms. The van der Waals surface area contributed by atoms with Crippen LogP contribution >= 0.6 is 0 Å². The van der Waals surface area contributed by atoms with Crippen LogP contribution in [0.5, 0.6) is 0 Å². The minimum absolute atomic E-state index is 0.122. The highest BCUT2D eigenvalue weighted by molar-refractivity contribution is 5.94. The first-order chi connectivity index (χ1) is 11.1. The lowest BCUT2D eigenvalue weighted by molar-refractivity contribution is 0.0664. The van der Waals surface area contributed by atoms with Gasteiger partial charge >= 0.3 is 0 Å². The zero-order valence-corrected chi connectivity index (χ0v) is 13.7. The van der Waals surface area contributed by atoms with E-state index in [9.17, 15) is 4.79 Å². The summed E-state index contributed by atoms with van der Waals surface area (Å²) >= 11 is 0. The molecule has 1 N–H and O–H groups in total. The fourth-order valence-electron chi connectivity index (χ4n) is 2.67. The Hall–Kier alpha value is -2.34. The second-order valence-electron chi connectivity index (χ2n) is 6.02. The Morgan fingerprint density at radius 3 is 2.43 bits per heavy atom. The third kappa shape index (κ3) is 3.71. The average Bonchev–Trinajstić information content (AvgIpc) is 2.99. The maximum absolute atomic E-state index is 12.5. The number of hydrogen-bond acceptors (Lipinski definition) is 4. The van der Waals surface area contributed by atoms with Gasteiger partial charge in [0, 0.05) is 50.7 Å². The molecule has 3 rings (SSSR count). The summed E-state index contributed by atoms with van der Waals surface area (Å²) in [6.45, 7) is 4.19. The van der Waals surface area contributed by atoms with E-state index in [0.29, 0.717) is 6.54 Å². The summed E-state index contributed by atoms with van der Waals surface area (Å²) in [4.78, 5) is 20.8. The molecule has 1 aromatic carbocycles. The van der Waals surface area contributed by atoms with Gasteiger partial charge in [0.2, 0.25) is 0 Å². The number of imidazole rings is 1. The molecule has 0 saturated carbocycles. The van der Waals surface area contributed by atoms with Crippen molar-refractivity contribution in [3.8, 4) is 0 Å². The van der Waals surface area contributed by atoms with Gasteiger partial charge in [-0.25, -0.2) is 4.98 Å². The van der Waals surface area contributed by atoms with Crippen molar-refractivity contribution in [3.63, 3.8) is 0 Å². The number of carbonyl (C=O) groups is 1. The normalized spacial score (nSPS) is 15.7. The van der Waals surface area contributed by atoms with E-state index in [1.165, 1.54) is 0 Å². The number of benzene rings is 1. The number of hydrogen-bond donors (Lipinski definition) is 1. The van der Waals surface area contributed by atoms with E-state index in [1.807, 2.05) is 47.0 Å². The molecule has 2 aromatic rings. The van der Waals surface area contributed by atoms with Gasteiger partial charge in [0.15, 0.2) is 0 Å². The van der Waals surface area contributed by atoms with Gasteiger partial charge in [-0.05, 0) is 31.3 Å². The van der Waals surface area contributed by atoms with Crippen LogP contribution in [0.15, 0.2) is 36.8 Å². The molecule has 0 unspecified atom stereocenters. The summed E-state index contributed by atoms with van der Waals surface area (Å²) in [6.07, 6.45) is 3.63. The van der Waals surface area contributed by atoms with Crippen LogP contribution in [0.2, 0.25) is 0 Å². The molecule has 0 radical (unpaired) electrons. The van der Waals surface area contributed by atoms with Crippen LogP contribution in [-0.2, 0) is 13.6 Å². The first-order valence-electron chi connectivity index (χ1n) is 7.90. The molecular weight excluding hydrogens is 290 g/mol. The molecule has 23 heavy (non-hydrogen) atoms. The van der Waals surface area contributed by atoms with Crippen LogP contribution < -0.4 is 5.32 Å². The maximum atomic E-state index is 12.5. The Morgan fingerprint density at radius 1 is 1.13 bits per heavy atom. The Kier molecular flexibility index (Phi) is 4.62. The summed E-state index contributed by atoms with van der Waals surface area (Å²) in [7, 11) is 4.06. The first kappa shape index (κ1) is 15.6. The molecule has 6 nitrogen and oxygen atoms in total. The highest BCUT2D eigenvalue weighted by Crippen LogP contribution is 2.14. The fraction of sp³-hybridized carbons (Fsp3) is 0.412. The lowest BCUT2D eigenvalue weighted by atomic mass is 10.1. The van der Waals surface area contributed by atoms with Crippen LogP contribution in [0.1, 0.15) is 16.1 Å². The van der Waals surface area contributed by atoms with Gasteiger partial charge in [-0.2, -0.15) is 0 Å². The third-order valence-corrected chi connectivity index (χ3v) is 4.31. The molecule has 1 aliphatic rings. The van der Waals surface area contributed by atoms with Gasteiger partial charge in [-0.15, -0.1) is 0 Å². The van der Waals surface area contributed by atoms with Crippen LogP contribution in [0.4, 0.5) is 5.69 Å². The number of nitrogens with zero attached hydrogens (tertiary/aromatic N) is 4. The summed E-state index contributed by atoms with van der Waals surface area (Å²) < 4.78 is 1.98. The molecule has 6 heteroatoms. The largest absolute Gasteiger partial charge is 0.379 e. The van der Waals surface area contributed by atoms with Crippen molar-refractivity contribution in [2.24, 2.45) is 7.05 Å². The highest BCUT2D eigenvalue weighted by atomic mass is 16.2. The maximum Gasteiger partial charge on any atom is 0.253 e. The Bertz CT molecular complexity index is 656. The van der Waals surface area contributed by atoms with Gasteiger partial charge in [0.25, 0.3) is 5.91 Å². The van der Waals surface area contributed by atoms with E-state index in [4.69, 9.17) is 0 Å². The molecule has 0 atom stereocenters. The van der Waals surface area contributed by atoms with Gasteiger partial charge in [0.05, 0.1) is 18.6 Å². The second-order valence-corrected chi connectivity index (χ2v) is 6.02. The van der Waals surface area contributed by atoms with Crippen molar-refractivity contribution in [3.05, 3.63) is 48.0 Å². The standard InChI is InChI=1S/C17H23N5O/c1-20-7-9-22(10-8-20)17(23)14-3-5-15(6-4-14)19-12-16-11-18-13-21(16)2/h3-6,11,13,19H,7-10,12H2,1-2H3. The van der Waals surface area contributed by atoms with Gasteiger partial charge in [-0.3, -0.25) is 4.79 Å². The molecule has 2 heterocycles. The number of amides is 1. The summed E-state index contributed by atoms with van der Waals surface area (Å²) in [5.41, 5.74) is 2.87. The number of rotatable bonds is 4. The smallest absolute Gasteiger partial charge is 0.253 e. The van der Waals surface area contributed by atoms with E-state index in [0.717, 1.165) is 43.1 Å². The zero-order valence-electron chi connectivity index (χ0n) is 13.7. The van der Waals surface area contributed by atoms with Gasteiger partial charge < -0.3 is 19.7 Å². The summed E-state index contributed by atoms with van der Waals surface area (Å²) in [5.74, 6) is 0.122. The first-order valence-corrected chi connectivity index (χ1v) is 7.90. The van der Waals surface area contributed by atoms with E-state index in [-0.39, 0.29) is 5.91 Å². The molecular formula is C17H23N5O. The number of likely N-dealkylation sites (N-methyl/N-ethyl adjacent to an activating group) is 1. The molecule has 1 amide bonds. The lowest BCUT2D eigenvalue weighted by Crippen LogP contribution is -2.47. The molecule has 0 aliphatic carbocycles. The number of anilines is 1. The molecule has 0 spiro atoms. The summed E-state index contributed by atoms with van der Waals surface area (Å²) in [6, 6.07) is 7.71. The topological polar surface area (TPSA) is 53.4 Å². The monoisotopic (exact) mass is 313 g/mol. The number of piperazine rings is 1. The second kappa shape index (κ2) is 6.83. The quantitative estimate of drug-likeness (QED) is 0.927. The van der Waals surface area contributed by atoms with E-state index in [1.54, 1.807) is 6.33 Å². The molecule has 122 valence electrons. The SMILES string of the molecule is CN1CCN(C(=O)c2ccc(NCc3cncn3C)cc2)CC1. The van der Waals surface area contributed by atoms with Crippen molar-refractivity contribution in [2.45, 2.75) is 6.54 Å². The van der Waals surface area contributed by atoms with Crippen LogP contribution in [-0.4, -0.2) is 58.5 Å². The average molecular weight is 313 g/mol. The lowest BCUT2D eigenvalue weighted by Gasteiger charge is -2.32. The van der Waals surface area contributed by atoms with Crippen LogP contribution in [0, 0.1) is 0 Å². The molecule has 1 aromatic heterocycles. The Balaban J connectivity index is 1.58. The molecule has 1 fully saturated rings. The number of aromatic nitrogens is 2. The molecule has 1 saturated heterocycles. The number of nitrogens with one attached hydrogen (secondary N) is 1. The minimum atomic E-state index is 0.122. The zero-order chi connectivity index (χ0) is 16.2. The third-order valence-electron chi connectivity index (χ3n) is 4.31. The van der Waals surface area contributed by atoms with Crippen LogP contribution in [0.25, 0.3) is 0 Å². The Labute approximate surface area is 136 Å². The Morgan fingerprint density at radius 2 is 1.83 bits per heavy atom. The predicted molar refractivity (Wildman–Crippen MR) is 90.4 cm³/mol. The van der Waals surface area contributed by atoms with Gasteiger partial charge in [-0.1, -0.05) is 0 Å². The van der Waals surface area contributed by atoms with Crippen LogP contribution in [0.3, 0.4) is 0 Å². The minimum Gasteiger partial charge on any atom is -0.379 e.